The molecule has 0 saturated carbocycles. The quantitative estimate of drug-likeness (QED) is 0.845. The summed E-state index contributed by atoms with van der Waals surface area (Å²) >= 11 is 5.54. The molecule has 4 nitrogen and oxygen atoms in total. The van der Waals surface area contributed by atoms with E-state index in [9.17, 15) is 12.8 Å². The molecule has 0 heterocycles. The van der Waals surface area contributed by atoms with Crippen molar-refractivity contribution in [1.29, 1.82) is 5.26 Å². The van der Waals surface area contributed by atoms with Crippen molar-refractivity contribution in [2.75, 3.05) is 13.6 Å². The van der Waals surface area contributed by atoms with Crippen molar-refractivity contribution in [3.63, 3.8) is 0 Å². The number of nitrogens with zero attached hydrogens (tertiary/aromatic N) is 2. The molecule has 0 bridgehead atoms. The van der Waals surface area contributed by atoms with Crippen molar-refractivity contribution in [3.05, 3.63) is 29.0 Å². The largest absolute Gasteiger partial charge is 0.245 e. The Labute approximate surface area is 104 Å². The zero-order valence-electron chi connectivity index (χ0n) is 9.02. The second-order valence-corrected chi connectivity index (χ2v) is 5.76. The third-order valence-corrected chi connectivity index (χ3v) is 4.25. The van der Waals surface area contributed by atoms with Gasteiger partial charge in [0.25, 0.3) is 0 Å². The Bertz CT molecular complexity index is 554. The molecule has 0 aromatic heterocycles. The highest BCUT2D eigenvalue weighted by Crippen LogP contribution is 2.21. The molecule has 1 aromatic carbocycles. The fourth-order valence-electron chi connectivity index (χ4n) is 1.18. The van der Waals surface area contributed by atoms with Gasteiger partial charge in [-0.15, -0.1) is 0 Å². The van der Waals surface area contributed by atoms with E-state index in [2.05, 4.69) is 0 Å². The number of rotatable bonds is 4. The lowest BCUT2D eigenvalue weighted by molar-refractivity contribution is 0.469. The van der Waals surface area contributed by atoms with E-state index in [0.29, 0.717) is 0 Å². The van der Waals surface area contributed by atoms with E-state index >= 15 is 0 Å². The highest BCUT2D eigenvalue weighted by molar-refractivity contribution is 7.89. The minimum Gasteiger partial charge on any atom is -0.207 e. The lowest BCUT2D eigenvalue weighted by atomic mass is 10.3. The second-order valence-electron chi connectivity index (χ2n) is 3.31. The molecular formula is C10H10ClFN2O2S. The van der Waals surface area contributed by atoms with E-state index in [1.54, 1.807) is 0 Å². The van der Waals surface area contributed by atoms with E-state index in [0.717, 1.165) is 16.4 Å². The molecule has 0 spiro atoms. The Hall–Kier alpha value is -1.16. The normalized spacial score (nSPS) is 11.5. The van der Waals surface area contributed by atoms with Crippen LogP contribution in [0.4, 0.5) is 4.39 Å². The third kappa shape index (κ3) is 3.16. The van der Waals surface area contributed by atoms with Crippen LogP contribution in [0, 0.1) is 17.1 Å². The number of benzene rings is 1. The smallest absolute Gasteiger partial charge is 0.207 e. The fraction of sp³-hybridized carbons (Fsp3) is 0.300. The van der Waals surface area contributed by atoms with Crippen LogP contribution in [0.2, 0.25) is 5.02 Å². The van der Waals surface area contributed by atoms with Gasteiger partial charge in [-0.05, 0) is 18.2 Å². The molecule has 0 aliphatic heterocycles. The number of hydrogen-bond donors (Lipinski definition) is 0. The topological polar surface area (TPSA) is 61.2 Å². The first-order valence-electron chi connectivity index (χ1n) is 4.68. The van der Waals surface area contributed by atoms with Crippen LogP contribution in [0.15, 0.2) is 23.1 Å². The summed E-state index contributed by atoms with van der Waals surface area (Å²) in [4.78, 5) is -0.442. The van der Waals surface area contributed by atoms with Gasteiger partial charge >= 0.3 is 0 Å². The maximum atomic E-state index is 13.5. The first kappa shape index (κ1) is 13.9. The molecule has 0 atom stereocenters. The van der Waals surface area contributed by atoms with Gasteiger partial charge in [-0.3, -0.25) is 0 Å². The molecule has 0 aliphatic carbocycles. The summed E-state index contributed by atoms with van der Waals surface area (Å²) in [7, 11) is -2.62. The lowest BCUT2D eigenvalue weighted by Crippen LogP contribution is -2.28. The van der Waals surface area contributed by atoms with Gasteiger partial charge in [0.05, 0.1) is 6.07 Å². The molecule has 7 heteroatoms. The summed E-state index contributed by atoms with van der Waals surface area (Å²) in [6.45, 7) is 0.0148. The molecule has 0 amide bonds. The monoisotopic (exact) mass is 276 g/mol. The predicted octanol–water partition coefficient (Wildman–Crippen LogP) is 2.01. The van der Waals surface area contributed by atoms with E-state index in [1.165, 1.54) is 13.1 Å². The van der Waals surface area contributed by atoms with Crippen LogP contribution < -0.4 is 0 Å². The van der Waals surface area contributed by atoms with Gasteiger partial charge in [0, 0.05) is 25.0 Å². The number of halogens is 2. The molecule has 0 aliphatic rings. The first-order valence-corrected chi connectivity index (χ1v) is 6.49. The molecule has 1 aromatic rings. The summed E-state index contributed by atoms with van der Waals surface area (Å²) in [6, 6.07) is 5.17. The van der Waals surface area contributed by atoms with Gasteiger partial charge in [0.15, 0.2) is 0 Å². The van der Waals surface area contributed by atoms with Crippen LogP contribution in [0.5, 0.6) is 0 Å². The van der Waals surface area contributed by atoms with E-state index in [-0.39, 0.29) is 18.0 Å². The predicted molar refractivity (Wildman–Crippen MR) is 61.5 cm³/mol. The minimum absolute atomic E-state index is 0.0148. The lowest BCUT2D eigenvalue weighted by Gasteiger charge is -2.16. The summed E-state index contributed by atoms with van der Waals surface area (Å²) < 4.78 is 38.2. The van der Waals surface area contributed by atoms with Crippen molar-refractivity contribution >= 4 is 21.6 Å². The summed E-state index contributed by atoms with van der Waals surface area (Å²) in [5.41, 5.74) is 0. The molecule has 0 fully saturated rings. The molecule has 92 valence electrons. The van der Waals surface area contributed by atoms with E-state index in [1.807, 2.05) is 6.07 Å². The molecule has 0 radical (unpaired) electrons. The van der Waals surface area contributed by atoms with Gasteiger partial charge in [-0.1, -0.05) is 11.6 Å². The second kappa shape index (κ2) is 5.45. The van der Waals surface area contributed by atoms with Gasteiger partial charge in [-0.2, -0.15) is 9.57 Å². The average Bonchev–Trinajstić information content (AvgIpc) is 2.25. The molecule has 17 heavy (non-hydrogen) atoms. The van der Waals surface area contributed by atoms with Gasteiger partial charge in [0.2, 0.25) is 10.0 Å². The van der Waals surface area contributed by atoms with E-state index < -0.39 is 20.7 Å². The fourth-order valence-corrected chi connectivity index (χ4v) is 2.55. The van der Waals surface area contributed by atoms with Gasteiger partial charge in [-0.25, -0.2) is 12.8 Å². The van der Waals surface area contributed by atoms with Crippen LogP contribution in [-0.4, -0.2) is 26.3 Å². The van der Waals surface area contributed by atoms with Gasteiger partial charge in [0.1, 0.15) is 10.7 Å². The SMILES string of the molecule is CN(CCC#N)S(=O)(=O)c1ccc(Cl)cc1F. The van der Waals surface area contributed by atoms with Crippen LogP contribution >= 0.6 is 11.6 Å². The Kier molecular flexibility index (Phi) is 4.46. The number of hydrogen-bond acceptors (Lipinski definition) is 3. The first-order chi connectivity index (χ1) is 7.89. The standard InChI is InChI=1S/C10H10ClFN2O2S/c1-14(6-2-5-13)17(15,16)10-4-3-8(11)7-9(10)12/h3-4,7H,2,6H2,1H3. The maximum absolute atomic E-state index is 13.5. The van der Waals surface area contributed by atoms with Crippen LogP contribution in [0.1, 0.15) is 6.42 Å². The van der Waals surface area contributed by atoms with Crippen LogP contribution in [0.25, 0.3) is 0 Å². The van der Waals surface area contributed by atoms with Crippen LogP contribution in [-0.2, 0) is 10.0 Å². The molecule has 0 N–H and O–H groups in total. The number of sulfonamides is 1. The summed E-state index contributed by atoms with van der Waals surface area (Å²) in [5, 5.41) is 8.51. The van der Waals surface area contributed by atoms with Crippen molar-refractivity contribution in [1.82, 2.24) is 4.31 Å². The van der Waals surface area contributed by atoms with Crippen molar-refractivity contribution in [3.8, 4) is 6.07 Å². The van der Waals surface area contributed by atoms with Crippen LogP contribution in [0.3, 0.4) is 0 Å². The van der Waals surface area contributed by atoms with E-state index in [4.69, 9.17) is 16.9 Å². The van der Waals surface area contributed by atoms with Gasteiger partial charge < -0.3 is 0 Å². The average molecular weight is 277 g/mol. The Morgan fingerprint density at radius 2 is 2.18 bits per heavy atom. The van der Waals surface area contributed by atoms with Crippen molar-refractivity contribution in [2.24, 2.45) is 0 Å². The number of nitriles is 1. The molecule has 1 rings (SSSR count). The third-order valence-electron chi connectivity index (χ3n) is 2.12. The minimum atomic E-state index is -3.91. The molecule has 0 unspecified atom stereocenters. The summed E-state index contributed by atoms with van der Waals surface area (Å²) in [6.07, 6.45) is 0.0466. The summed E-state index contributed by atoms with van der Waals surface area (Å²) in [5.74, 6) is -0.902. The maximum Gasteiger partial charge on any atom is 0.245 e. The van der Waals surface area contributed by atoms with Crippen molar-refractivity contribution in [2.45, 2.75) is 11.3 Å². The molecular weight excluding hydrogens is 267 g/mol. The Morgan fingerprint density at radius 3 is 2.71 bits per heavy atom. The molecule has 0 saturated heterocycles. The Morgan fingerprint density at radius 1 is 1.53 bits per heavy atom. The highest BCUT2D eigenvalue weighted by atomic mass is 35.5. The van der Waals surface area contributed by atoms with Crippen molar-refractivity contribution < 1.29 is 12.8 Å². The zero-order chi connectivity index (χ0) is 13.1. The Balaban J connectivity index is 3.09. The zero-order valence-corrected chi connectivity index (χ0v) is 10.6. The highest BCUT2D eigenvalue weighted by Gasteiger charge is 2.24.